The van der Waals surface area contributed by atoms with E-state index in [1.165, 1.54) is 11.6 Å². The van der Waals surface area contributed by atoms with Crippen molar-refractivity contribution in [1.29, 1.82) is 0 Å². The van der Waals surface area contributed by atoms with Gasteiger partial charge < -0.3 is 10.5 Å². The number of rotatable bonds is 8. The van der Waals surface area contributed by atoms with Crippen molar-refractivity contribution in [3.05, 3.63) is 65.5 Å². The van der Waals surface area contributed by atoms with Crippen LogP contribution in [0.5, 0.6) is 5.75 Å². The highest BCUT2D eigenvalue weighted by Crippen LogP contribution is 2.23. The topological polar surface area (TPSA) is 35.2 Å². The van der Waals surface area contributed by atoms with Crippen LogP contribution in [0, 0.1) is 12.7 Å². The van der Waals surface area contributed by atoms with Gasteiger partial charge in [0, 0.05) is 0 Å². The molecule has 2 aromatic carbocycles. The molecule has 0 saturated carbocycles. The molecule has 0 saturated heterocycles. The molecule has 1 atom stereocenters. The molecule has 3 heteroatoms. The summed E-state index contributed by atoms with van der Waals surface area (Å²) in [6.45, 7) is 3.21. The summed E-state index contributed by atoms with van der Waals surface area (Å²) >= 11 is 0. The molecule has 0 aliphatic heterocycles. The van der Waals surface area contributed by atoms with Crippen LogP contribution in [0.2, 0.25) is 0 Å². The van der Waals surface area contributed by atoms with Crippen LogP contribution >= 0.6 is 0 Å². The summed E-state index contributed by atoms with van der Waals surface area (Å²) in [7, 11) is 0. The van der Waals surface area contributed by atoms with Gasteiger partial charge in [-0.25, -0.2) is 4.39 Å². The van der Waals surface area contributed by atoms with E-state index in [0.29, 0.717) is 13.2 Å². The lowest BCUT2D eigenvalue weighted by atomic mass is 9.93. The lowest BCUT2D eigenvalue weighted by Crippen LogP contribution is -2.14. The van der Waals surface area contributed by atoms with Crippen molar-refractivity contribution in [1.82, 2.24) is 0 Å². The Balaban J connectivity index is 1.73. The minimum atomic E-state index is -0.158. The Morgan fingerprint density at radius 3 is 2.45 bits per heavy atom. The standard InChI is InChI=1S/C19H24FNO/c1-15-9-11-17(12-10-15)22-13-5-4-6-16(14-21)18-7-2-3-8-19(18)20/h2-3,7-12,16H,4-6,13-14,21H2,1H3. The summed E-state index contributed by atoms with van der Waals surface area (Å²) in [6, 6.07) is 14.9. The predicted octanol–water partition coefficient (Wildman–Crippen LogP) is 4.43. The molecule has 0 radical (unpaired) electrons. The monoisotopic (exact) mass is 301 g/mol. The molecule has 0 aliphatic rings. The molecule has 2 rings (SSSR count). The molecule has 0 aliphatic carbocycles. The van der Waals surface area contributed by atoms with Crippen molar-refractivity contribution in [2.24, 2.45) is 5.73 Å². The van der Waals surface area contributed by atoms with Crippen LogP contribution in [0.3, 0.4) is 0 Å². The summed E-state index contributed by atoms with van der Waals surface area (Å²) in [6.07, 6.45) is 2.80. The van der Waals surface area contributed by atoms with Crippen LogP contribution in [-0.4, -0.2) is 13.2 Å². The minimum absolute atomic E-state index is 0.0839. The molecule has 0 bridgehead atoms. The van der Waals surface area contributed by atoms with E-state index in [0.717, 1.165) is 30.6 Å². The zero-order valence-electron chi connectivity index (χ0n) is 13.1. The van der Waals surface area contributed by atoms with Gasteiger partial charge in [-0.2, -0.15) is 0 Å². The second-order valence-electron chi connectivity index (χ2n) is 5.61. The van der Waals surface area contributed by atoms with E-state index in [2.05, 4.69) is 6.92 Å². The largest absolute Gasteiger partial charge is 0.494 e. The van der Waals surface area contributed by atoms with E-state index in [9.17, 15) is 4.39 Å². The van der Waals surface area contributed by atoms with Crippen molar-refractivity contribution < 1.29 is 9.13 Å². The normalized spacial score (nSPS) is 12.1. The average molecular weight is 301 g/mol. The Labute approximate surface area is 132 Å². The van der Waals surface area contributed by atoms with Crippen LogP contribution in [0.1, 0.15) is 36.3 Å². The van der Waals surface area contributed by atoms with E-state index in [-0.39, 0.29) is 11.7 Å². The number of nitrogens with two attached hydrogens (primary N) is 1. The van der Waals surface area contributed by atoms with Crippen LogP contribution in [0.15, 0.2) is 48.5 Å². The van der Waals surface area contributed by atoms with Gasteiger partial charge in [0.25, 0.3) is 0 Å². The molecule has 0 amide bonds. The maximum atomic E-state index is 13.8. The van der Waals surface area contributed by atoms with Crippen molar-refractivity contribution >= 4 is 0 Å². The third kappa shape index (κ3) is 4.85. The van der Waals surface area contributed by atoms with E-state index in [1.54, 1.807) is 6.07 Å². The quantitative estimate of drug-likeness (QED) is 0.732. The van der Waals surface area contributed by atoms with Crippen molar-refractivity contribution in [2.45, 2.75) is 32.1 Å². The molecule has 118 valence electrons. The fourth-order valence-corrected chi connectivity index (χ4v) is 2.52. The molecule has 0 spiro atoms. The molecule has 2 N–H and O–H groups in total. The molecular formula is C19H24FNO. The number of hydrogen-bond donors (Lipinski definition) is 1. The first-order chi connectivity index (χ1) is 10.7. The molecule has 1 unspecified atom stereocenters. The highest BCUT2D eigenvalue weighted by atomic mass is 19.1. The van der Waals surface area contributed by atoms with Crippen LogP contribution in [0.4, 0.5) is 4.39 Å². The second kappa shape index (κ2) is 8.54. The first-order valence-electron chi connectivity index (χ1n) is 7.84. The molecule has 2 nitrogen and oxygen atoms in total. The van der Waals surface area contributed by atoms with Gasteiger partial charge in [0.2, 0.25) is 0 Å². The third-order valence-corrected chi connectivity index (χ3v) is 3.87. The Hall–Kier alpha value is -1.87. The molecule has 2 aromatic rings. The lowest BCUT2D eigenvalue weighted by Gasteiger charge is -2.16. The fourth-order valence-electron chi connectivity index (χ4n) is 2.52. The van der Waals surface area contributed by atoms with Crippen LogP contribution < -0.4 is 10.5 Å². The predicted molar refractivity (Wildman–Crippen MR) is 88.7 cm³/mol. The number of benzene rings is 2. The highest BCUT2D eigenvalue weighted by Gasteiger charge is 2.13. The van der Waals surface area contributed by atoms with Gasteiger partial charge in [-0.15, -0.1) is 0 Å². The maximum absolute atomic E-state index is 13.8. The Bertz CT molecular complexity index is 568. The van der Waals surface area contributed by atoms with Crippen molar-refractivity contribution in [3.63, 3.8) is 0 Å². The second-order valence-corrected chi connectivity index (χ2v) is 5.61. The molecular weight excluding hydrogens is 277 g/mol. The van der Waals surface area contributed by atoms with Crippen LogP contribution in [-0.2, 0) is 0 Å². The van der Waals surface area contributed by atoms with Gasteiger partial charge in [-0.05, 0) is 62.4 Å². The van der Waals surface area contributed by atoms with E-state index in [1.807, 2.05) is 36.4 Å². The highest BCUT2D eigenvalue weighted by molar-refractivity contribution is 5.26. The van der Waals surface area contributed by atoms with E-state index in [4.69, 9.17) is 10.5 Å². The average Bonchev–Trinajstić information content (AvgIpc) is 2.54. The number of unbranched alkanes of at least 4 members (excludes halogenated alkanes) is 1. The third-order valence-electron chi connectivity index (χ3n) is 3.87. The number of ether oxygens (including phenoxy) is 1. The molecule has 0 heterocycles. The Morgan fingerprint density at radius 1 is 1.05 bits per heavy atom. The first-order valence-corrected chi connectivity index (χ1v) is 7.84. The van der Waals surface area contributed by atoms with E-state index >= 15 is 0 Å². The smallest absolute Gasteiger partial charge is 0.126 e. The van der Waals surface area contributed by atoms with Gasteiger partial charge in [0.15, 0.2) is 0 Å². The Morgan fingerprint density at radius 2 is 1.77 bits per heavy atom. The number of halogens is 1. The minimum Gasteiger partial charge on any atom is -0.494 e. The summed E-state index contributed by atoms with van der Waals surface area (Å²) < 4.78 is 19.5. The Kier molecular flexibility index (Phi) is 6.41. The fraction of sp³-hybridized carbons (Fsp3) is 0.368. The zero-order valence-corrected chi connectivity index (χ0v) is 13.1. The van der Waals surface area contributed by atoms with Crippen molar-refractivity contribution in [2.75, 3.05) is 13.2 Å². The van der Waals surface area contributed by atoms with Gasteiger partial charge in [0.05, 0.1) is 6.61 Å². The van der Waals surface area contributed by atoms with Crippen molar-refractivity contribution in [3.8, 4) is 5.75 Å². The maximum Gasteiger partial charge on any atom is 0.126 e. The number of aryl methyl sites for hydroxylation is 1. The summed E-state index contributed by atoms with van der Waals surface area (Å²) in [5, 5.41) is 0. The SMILES string of the molecule is Cc1ccc(OCCCCC(CN)c2ccccc2F)cc1. The summed E-state index contributed by atoms with van der Waals surface area (Å²) in [5.74, 6) is 0.824. The number of hydrogen-bond acceptors (Lipinski definition) is 2. The van der Waals surface area contributed by atoms with E-state index < -0.39 is 0 Å². The summed E-state index contributed by atoms with van der Waals surface area (Å²) in [4.78, 5) is 0. The van der Waals surface area contributed by atoms with Gasteiger partial charge in [0.1, 0.15) is 11.6 Å². The molecule has 0 fully saturated rings. The van der Waals surface area contributed by atoms with Gasteiger partial charge >= 0.3 is 0 Å². The molecule has 22 heavy (non-hydrogen) atoms. The van der Waals surface area contributed by atoms with Gasteiger partial charge in [-0.3, -0.25) is 0 Å². The first kappa shape index (κ1) is 16.5. The summed E-state index contributed by atoms with van der Waals surface area (Å²) in [5.41, 5.74) is 7.75. The lowest BCUT2D eigenvalue weighted by molar-refractivity contribution is 0.303. The molecule has 0 aromatic heterocycles. The zero-order chi connectivity index (χ0) is 15.8. The van der Waals surface area contributed by atoms with Gasteiger partial charge in [-0.1, -0.05) is 35.9 Å². The van der Waals surface area contributed by atoms with Crippen LogP contribution in [0.25, 0.3) is 0 Å².